The van der Waals surface area contributed by atoms with E-state index in [9.17, 15) is 99.9 Å². The molecule has 0 unspecified atom stereocenters. The Morgan fingerprint density at radius 2 is 0.655 bits per heavy atom. The van der Waals surface area contributed by atoms with Crippen LogP contribution in [0.1, 0.15) is 72.2 Å². The molecule has 56 heteroatoms. The maximum atomic E-state index is 14.3. The highest BCUT2D eigenvalue weighted by Gasteiger charge is 2.41. The first-order chi connectivity index (χ1) is 70.3. The lowest BCUT2D eigenvalue weighted by Gasteiger charge is -2.28. The van der Waals surface area contributed by atoms with Crippen molar-refractivity contribution in [2.45, 2.75) is 105 Å². The molecule has 0 spiro atoms. The van der Waals surface area contributed by atoms with Crippen LogP contribution >= 0.6 is 0 Å². The van der Waals surface area contributed by atoms with Gasteiger partial charge < -0.3 is 61.3 Å². The topological polar surface area (TPSA) is 516 Å². The number of alkyl halides is 12. The molecule has 4 aromatic carbocycles. The molecule has 776 valence electrons. The highest BCUT2D eigenvalue weighted by molar-refractivity contribution is 5.81. The molecule has 8 aromatic heterocycles. The molecule has 148 heavy (non-hydrogen) atoms. The van der Waals surface area contributed by atoms with Crippen LogP contribution in [0, 0.1) is 116 Å². The van der Waals surface area contributed by atoms with Gasteiger partial charge in [-0.05, 0) is 87.4 Å². The van der Waals surface area contributed by atoms with Gasteiger partial charge in [-0.1, -0.05) is 47.9 Å². The number of carboxylic acid groups (broad SMARTS) is 4. The molecule has 0 saturated carbocycles. The van der Waals surface area contributed by atoms with Crippen LogP contribution in [0.25, 0.3) is 44.1 Å². The van der Waals surface area contributed by atoms with Crippen LogP contribution in [0.15, 0.2) is 117 Å². The number of carboxylic acids is 4. The number of benzene rings is 4. The predicted octanol–water partition coefficient (Wildman–Crippen LogP) is 6.87. The summed E-state index contributed by atoms with van der Waals surface area (Å²) in [6, 6.07) is 24.2. The van der Waals surface area contributed by atoms with Crippen molar-refractivity contribution in [3.8, 4) is 71.6 Å². The Kier molecular flexibility index (Phi) is 40.0. The zero-order valence-electron chi connectivity index (χ0n) is 78.0. The first-order valence-corrected chi connectivity index (χ1v) is 43.5. The maximum absolute atomic E-state index is 14.3. The highest BCUT2D eigenvalue weighted by atomic mass is 19.4. The second-order valence-electron chi connectivity index (χ2n) is 30.9. The first kappa shape index (κ1) is 114. The Labute approximate surface area is 825 Å². The number of rotatable bonds is 16. The summed E-state index contributed by atoms with van der Waals surface area (Å²) >= 11 is 0. The maximum Gasteiger partial charge on any atom is 0.490 e. The van der Waals surface area contributed by atoms with Gasteiger partial charge in [0.15, 0.2) is 0 Å². The Bertz CT molecular complexity index is 7490. The van der Waals surface area contributed by atoms with E-state index < -0.39 is 77.4 Å². The molecular formula is C92H84F16N28O12. The summed E-state index contributed by atoms with van der Waals surface area (Å²) in [6.07, 6.45) is -14.2. The number of hydrogen-bond donors (Lipinski definition) is 8. The number of halogens is 16. The van der Waals surface area contributed by atoms with E-state index in [1.54, 1.807) is 50.7 Å². The van der Waals surface area contributed by atoms with Crippen LogP contribution in [-0.4, -0.2) is 251 Å². The minimum Gasteiger partial charge on any atom is -0.475 e. The van der Waals surface area contributed by atoms with Crippen LogP contribution in [0.3, 0.4) is 0 Å². The fourth-order valence-electron chi connectivity index (χ4n) is 14.2. The minimum atomic E-state index is -5.08. The second kappa shape index (κ2) is 52.0. The van der Waals surface area contributed by atoms with Crippen molar-refractivity contribution in [3.63, 3.8) is 0 Å². The number of anilines is 4. The monoisotopic (exact) mass is 2080 g/mol. The van der Waals surface area contributed by atoms with Crippen LogP contribution in [0.2, 0.25) is 0 Å². The molecular weight excluding hydrogens is 1990 g/mol. The zero-order valence-corrected chi connectivity index (χ0v) is 78.0. The molecule has 0 atom stereocenters. The third kappa shape index (κ3) is 30.0. The number of fused-ring (bicyclic) bond motifs is 4. The lowest BCUT2D eigenvalue weighted by molar-refractivity contribution is -0.193. The molecule has 4 saturated heterocycles. The molecule has 4 aliphatic rings. The third-order valence-corrected chi connectivity index (χ3v) is 21.2. The molecule has 8 N–H and O–H groups in total. The van der Waals surface area contributed by atoms with Crippen molar-refractivity contribution in [3.05, 3.63) is 207 Å². The lowest BCUT2D eigenvalue weighted by atomic mass is 10.1. The van der Waals surface area contributed by atoms with Gasteiger partial charge in [-0.25, -0.2) is 75.4 Å². The van der Waals surface area contributed by atoms with Crippen molar-refractivity contribution < 1.29 is 110 Å². The van der Waals surface area contributed by atoms with Gasteiger partial charge in [-0.3, -0.25) is 37.4 Å². The van der Waals surface area contributed by atoms with Gasteiger partial charge in [0.25, 0.3) is 22.2 Å². The normalized spacial score (nSPS) is 13.2. The van der Waals surface area contributed by atoms with Crippen LogP contribution < -0.4 is 63.1 Å². The average Bonchev–Trinajstić information content (AvgIpc) is 1.62. The summed E-state index contributed by atoms with van der Waals surface area (Å²) in [4.78, 5) is 116. The average molecular weight is 2080 g/mol. The van der Waals surface area contributed by atoms with Gasteiger partial charge in [-0.2, -0.15) is 94.1 Å². The number of imidazole rings is 4. The van der Waals surface area contributed by atoms with Gasteiger partial charge in [0.05, 0.1) is 118 Å². The van der Waals surface area contributed by atoms with Crippen molar-refractivity contribution in [1.82, 2.24) is 98.6 Å². The molecule has 0 amide bonds. The Morgan fingerprint density at radius 1 is 0.351 bits per heavy atom. The number of nitrogens with zero attached hydrogens (tertiary/aromatic N) is 24. The Hall–Kier alpha value is -17.7. The fraction of sp³-hybridized carbons (Fsp3) is 0.348. The van der Waals surface area contributed by atoms with Gasteiger partial charge in [-0.15, -0.1) is 23.7 Å². The van der Waals surface area contributed by atoms with Crippen molar-refractivity contribution >= 4 is 91.8 Å². The highest BCUT2D eigenvalue weighted by Crippen LogP contribution is 2.28. The standard InChI is InChI=1S/4C21H20FN7O.4C2HF3O2/c1-2-3-8-28-19-18(26-21(28)27-9-6-24-7-10-27)13-25-29(20(19)30)14-15-4-5-17(22)11-16(15)12-23;1-2-3-8-28-19-18(26-21(28)27-9-6-24-7-10-27)13-25-29(20(19)30)14-15-4-5-17(22)16(11-15)12-23;1-2-3-8-28-19-18(26-21(28)27-9-6-24-7-10-27)13-25-29(20(19)30)14-16-5-4-15(12-23)11-17(16)22;1-2-3-9-28-19-18(26-21(28)27-10-7-24-8-11-27)13-25-29(20(19)30)14-16-15(12-23)5-4-6-17(16)22;4*3-2(4,5)1(6)7/h3*4-5,11,13,24H,6-10,14H2,1H3;4-6,13,24H,7-11,14H2,1H3;4*(H,6,7). The molecule has 4 fully saturated rings. The molecule has 12 aromatic rings. The van der Waals surface area contributed by atoms with E-state index in [0.29, 0.717) is 105 Å². The van der Waals surface area contributed by atoms with Crippen molar-refractivity contribution in [2.24, 2.45) is 0 Å². The molecule has 0 bridgehead atoms. The van der Waals surface area contributed by atoms with Gasteiger partial charge in [0, 0.05) is 116 Å². The zero-order chi connectivity index (χ0) is 109. The van der Waals surface area contributed by atoms with Gasteiger partial charge in [0.1, 0.15) is 73.5 Å². The van der Waals surface area contributed by atoms with Crippen molar-refractivity contribution in [2.75, 3.05) is 124 Å². The number of aliphatic carboxylic acids is 4. The molecule has 40 nitrogen and oxygen atoms in total. The van der Waals surface area contributed by atoms with E-state index in [-0.39, 0.29) is 76.2 Å². The van der Waals surface area contributed by atoms with Crippen LogP contribution in [0.4, 0.5) is 94.0 Å². The van der Waals surface area contributed by atoms with E-state index in [4.69, 9.17) is 50.1 Å². The van der Waals surface area contributed by atoms with Crippen LogP contribution in [0.5, 0.6) is 0 Å². The number of carbonyl (C=O) groups is 4. The molecule has 0 aliphatic carbocycles. The molecule has 12 heterocycles. The summed E-state index contributed by atoms with van der Waals surface area (Å²) in [5.74, 6) is 13.1. The Morgan fingerprint density at radius 3 is 0.953 bits per heavy atom. The van der Waals surface area contributed by atoms with E-state index in [0.717, 1.165) is 117 Å². The first-order valence-electron chi connectivity index (χ1n) is 43.5. The summed E-state index contributed by atoms with van der Waals surface area (Å²) in [7, 11) is 0. The smallest absolute Gasteiger partial charge is 0.475 e. The van der Waals surface area contributed by atoms with Crippen molar-refractivity contribution in [1.29, 1.82) is 21.0 Å². The quantitative estimate of drug-likeness (QED) is 0.0361. The summed E-state index contributed by atoms with van der Waals surface area (Å²) < 4.78 is 195. The molecule has 16 rings (SSSR count). The van der Waals surface area contributed by atoms with E-state index in [1.807, 2.05) is 38.0 Å². The van der Waals surface area contributed by atoms with Gasteiger partial charge >= 0.3 is 48.6 Å². The van der Waals surface area contributed by atoms with Crippen LogP contribution in [-0.2, 0) is 71.5 Å². The SMILES string of the molecule is CC#CCn1c(N2CCNCC2)nc2cnn(Cc3c(F)cccc3C#N)c(=O)c21.CC#CCn1c(N2CCNCC2)nc2cnn(Cc3ccc(C#N)cc3F)c(=O)c21.CC#CCn1c(N2CCNCC2)nc2cnn(Cc3ccc(F)c(C#N)c3)c(=O)c21.CC#CCn1c(N2CCNCC2)nc2cnn(Cc3ccc(F)cc3C#N)c(=O)c21.O=C(O)C(F)(F)F.O=C(O)C(F)(F)F.O=C(O)C(F)(F)F.O=C(O)C(F)(F)F. The number of hydrogen-bond acceptors (Lipinski definition) is 28. The number of piperazine rings is 4. The van der Waals surface area contributed by atoms with E-state index >= 15 is 0 Å². The third-order valence-electron chi connectivity index (χ3n) is 21.2. The molecule has 0 radical (unpaired) electrons. The van der Waals surface area contributed by atoms with E-state index in [1.165, 1.54) is 85.7 Å². The van der Waals surface area contributed by atoms with E-state index in [2.05, 4.69) is 129 Å². The predicted molar refractivity (Wildman–Crippen MR) is 497 cm³/mol. The summed E-state index contributed by atoms with van der Waals surface area (Å²) in [5, 5.41) is 95.1. The van der Waals surface area contributed by atoms with Gasteiger partial charge in [0.2, 0.25) is 23.8 Å². The number of nitrogens with one attached hydrogen (secondary N) is 4. The number of aromatic nitrogens is 16. The second-order valence-corrected chi connectivity index (χ2v) is 30.9. The summed E-state index contributed by atoms with van der Waals surface area (Å²) in [5.41, 5.74) is 4.28. The summed E-state index contributed by atoms with van der Waals surface area (Å²) in [6.45, 7) is 21.3. The largest absolute Gasteiger partial charge is 0.490 e. The minimum absolute atomic E-state index is 0.0417. The Balaban J connectivity index is 0.000000201. The lowest BCUT2D eigenvalue weighted by Crippen LogP contribution is -2.44. The fourth-order valence-corrected chi connectivity index (χ4v) is 14.2. The molecule has 4 aliphatic heterocycles. The number of nitriles is 4.